The Morgan fingerprint density at radius 3 is 2.64 bits per heavy atom. The number of amides is 3. The Hall–Kier alpha value is -2.34. The average Bonchev–Trinajstić information content (AvgIpc) is 3.26. The molecule has 33 heavy (non-hydrogen) atoms. The summed E-state index contributed by atoms with van der Waals surface area (Å²) in [7, 11) is 0. The van der Waals surface area contributed by atoms with Gasteiger partial charge < -0.3 is 10.1 Å². The first kappa shape index (κ1) is 23.8. The molecular weight excluding hydrogens is 598 g/mol. The Bertz CT molecular complexity index is 1360. The molecule has 2 N–H and O–H groups in total. The molecule has 4 aromatic rings. The Kier molecular flexibility index (Phi) is 7.42. The number of rotatable bonds is 5. The lowest BCUT2D eigenvalue weighted by molar-refractivity contribution is 0.0963. The van der Waals surface area contributed by atoms with Crippen molar-refractivity contribution in [2.24, 2.45) is 0 Å². The van der Waals surface area contributed by atoms with Crippen LogP contribution in [0.5, 0.6) is 11.5 Å². The van der Waals surface area contributed by atoms with E-state index in [-0.39, 0.29) is 10.6 Å². The molecule has 1 aromatic heterocycles. The second kappa shape index (κ2) is 10.3. The summed E-state index contributed by atoms with van der Waals surface area (Å²) in [6.07, 6.45) is 2.04. The fourth-order valence-corrected chi connectivity index (χ4v) is 5.50. The number of benzene rings is 3. The number of thioether (sulfide) groups is 1. The smallest absolute Gasteiger partial charge is 0.326 e. The van der Waals surface area contributed by atoms with E-state index in [0.29, 0.717) is 11.4 Å². The number of ether oxygens (including phenoxy) is 1. The van der Waals surface area contributed by atoms with E-state index in [1.807, 2.05) is 23.8 Å². The molecule has 4 rings (SSSR count). The third-order valence-electron chi connectivity index (χ3n) is 4.59. The number of thiophene rings is 1. The summed E-state index contributed by atoms with van der Waals surface area (Å²) in [5.74, 6) is -0.364. The van der Waals surface area contributed by atoms with Crippen molar-refractivity contribution in [1.82, 2.24) is 5.32 Å². The SMILES string of the molecule is CSc1ccc(Oc2ccc(NC(=O)NC(=O)c3c(F)cccc3Cl)cc2I)c2sccc12. The number of hydrogen-bond acceptors (Lipinski definition) is 5. The minimum Gasteiger partial charge on any atom is -0.455 e. The highest BCUT2D eigenvalue weighted by molar-refractivity contribution is 14.1. The third-order valence-corrected chi connectivity index (χ3v) is 7.47. The Morgan fingerprint density at radius 2 is 1.91 bits per heavy atom. The molecule has 0 aliphatic carbocycles. The third kappa shape index (κ3) is 5.26. The van der Waals surface area contributed by atoms with Gasteiger partial charge in [-0.05, 0) is 82.8 Å². The fourth-order valence-electron chi connectivity index (χ4n) is 3.09. The van der Waals surface area contributed by atoms with Gasteiger partial charge in [0.05, 0.1) is 18.9 Å². The highest BCUT2D eigenvalue weighted by atomic mass is 127. The molecule has 0 aliphatic rings. The second-order valence-corrected chi connectivity index (χ2v) is 10.0. The van der Waals surface area contributed by atoms with Gasteiger partial charge in [0.15, 0.2) is 0 Å². The number of carbonyl (C=O) groups is 2. The van der Waals surface area contributed by atoms with Crippen molar-refractivity contribution in [3.63, 3.8) is 0 Å². The molecule has 0 saturated heterocycles. The van der Waals surface area contributed by atoms with Crippen LogP contribution in [0.3, 0.4) is 0 Å². The van der Waals surface area contributed by atoms with Crippen LogP contribution >= 0.6 is 57.3 Å². The van der Waals surface area contributed by atoms with Crippen molar-refractivity contribution in [3.8, 4) is 11.5 Å². The van der Waals surface area contributed by atoms with Gasteiger partial charge in [0.25, 0.3) is 5.91 Å². The maximum atomic E-state index is 13.9. The first-order valence-electron chi connectivity index (χ1n) is 9.45. The lowest BCUT2D eigenvalue weighted by atomic mass is 10.2. The summed E-state index contributed by atoms with van der Waals surface area (Å²) in [5, 5.41) is 7.73. The van der Waals surface area contributed by atoms with Crippen molar-refractivity contribution in [1.29, 1.82) is 0 Å². The fraction of sp³-hybridized carbons (Fsp3) is 0.0435. The average molecular weight is 613 g/mol. The molecular formula is C23H15ClFIN2O3S2. The van der Waals surface area contributed by atoms with Gasteiger partial charge in [0.2, 0.25) is 0 Å². The summed E-state index contributed by atoms with van der Waals surface area (Å²) in [6.45, 7) is 0. The number of imide groups is 1. The molecule has 3 aromatic carbocycles. The zero-order valence-electron chi connectivity index (χ0n) is 16.9. The zero-order valence-corrected chi connectivity index (χ0v) is 21.5. The Morgan fingerprint density at radius 1 is 1.12 bits per heavy atom. The topological polar surface area (TPSA) is 67.4 Å². The van der Waals surface area contributed by atoms with Gasteiger partial charge in [-0.15, -0.1) is 23.1 Å². The molecule has 0 spiro atoms. The van der Waals surface area contributed by atoms with Gasteiger partial charge in [-0.2, -0.15) is 0 Å². The van der Waals surface area contributed by atoms with Gasteiger partial charge in [0, 0.05) is 16.0 Å². The van der Waals surface area contributed by atoms with Gasteiger partial charge in [0.1, 0.15) is 17.3 Å². The van der Waals surface area contributed by atoms with Crippen LogP contribution in [0, 0.1) is 9.39 Å². The van der Waals surface area contributed by atoms with Gasteiger partial charge in [-0.25, -0.2) is 9.18 Å². The maximum absolute atomic E-state index is 13.9. The van der Waals surface area contributed by atoms with E-state index in [2.05, 4.69) is 39.3 Å². The van der Waals surface area contributed by atoms with E-state index in [9.17, 15) is 14.0 Å². The molecule has 0 unspecified atom stereocenters. The number of nitrogens with one attached hydrogen (secondary N) is 2. The summed E-state index contributed by atoms with van der Waals surface area (Å²) in [6, 6.07) is 14.2. The quantitative estimate of drug-likeness (QED) is 0.178. The normalized spacial score (nSPS) is 10.8. The molecule has 5 nitrogen and oxygen atoms in total. The van der Waals surface area contributed by atoms with E-state index >= 15 is 0 Å². The Balaban J connectivity index is 1.46. The van der Waals surface area contributed by atoms with E-state index in [0.717, 1.165) is 25.5 Å². The molecule has 0 saturated carbocycles. The summed E-state index contributed by atoms with van der Waals surface area (Å²) < 4.78 is 21.8. The van der Waals surface area contributed by atoms with Crippen LogP contribution in [0.15, 0.2) is 64.9 Å². The first-order valence-corrected chi connectivity index (χ1v) is 13.0. The van der Waals surface area contributed by atoms with Crippen LogP contribution < -0.4 is 15.4 Å². The van der Waals surface area contributed by atoms with Gasteiger partial charge in [-0.1, -0.05) is 17.7 Å². The van der Waals surface area contributed by atoms with Crippen LogP contribution in [-0.4, -0.2) is 18.2 Å². The lowest BCUT2D eigenvalue weighted by Gasteiger charge is -2.12. The molecule has 0 radical (unpaired) electrons. The maximum Gasteiger partial charge on any atom is 0.326 e. The molecule has 0 bridgehead atoms. The van der Waals surface area contributed by atoms with Gasteiger partial charge in [-0.3, -0.25) is 10.1 Å². The van der Waals surface area contributed by atoms with E-state index in [1.54, 1.807) is 41.3 Å². The predicted molar refractivity (Wildman–Crippen MR) is 141 cm³/mol. The molecule has 3 amide bonds. The minimum atomic E-state index is -0.932. The number of carbonyl (C=O) groups excluding carboxylic acids is 2. The predicted octanol–water partition coefficient (Wildman–Crippen LogP) is 7.77. The molecule has 0 aliphatic heterocycles. The van der Waals surface area contributed by atoms with Crippen LogP contribution in [0.1, 0.15) is 10.4 Å². The van der Waals surface area contributed by atoms with Crippen molar-refractivity contribution < 1.29 is 18.7 Å². The summed E-state index contributed by atoms with van der Waals surface area (Å²) in [5.41, 5.74) is 0.0516. The van der Waals surface area contributed by atoms with Crippen LogP contribution in [0.2, 0.25) is 5.02 Å². The summed E-state index contributed by atoms with van der Waals surface area (Å²) in [4.78, 5) is 25.6. The number of fused-ring (bicyclic) bond motifs is 1. The molecule has 1 heterocycles. The van der Waals surface area contributed by atoms with E-state index < -0.39 is 17.8 Å². The van der Waals surface area contributed by atoms with E-state index in [1.165, 1.54) is 17.0 Å². The highest BCUT2D eigenvalue weighted by Gasteiger charge is 2.18. The molecule has 0 fully saturated rings. The van der Waals surface area contributed by atoms with Crippen molar-refractivity contribution >= 4 is 85.0 Å². The standard InChI is InChI=1S/C23H15ClFIN2O3S2/c1-32-19-8-7-18(21-13(19)9-10-33-21)31-17-6-5-12(11-16(17)26)27-23(30)28-22(29)20-14(24)3-2-4-15(20)25/h2-11H,1H3,(H2,27,28,29,30). The van der Waals surface area contributed by atoms with Crippen LogP contribution in [0.4, 0.5) is 14.9 Å². The second-order valence-electron chi connectivity index (χ2n) is 6.68. The lowest BCUT2D eigenvalue weighted by Crippen LogP contribution is -2.35. The Labute approximate surface area is 215 Å². The van der Waals surface area contributed by atoms with E-state index in [4.69, 9.17) is 16.3 Å². The summed E-state index contributed by atoms with van der Waals surface area (Å²) >= 11 is 11.3. The molecule has 0 atom stereocenters. The van der Waals surface area contributed by atoms with Crippen LogP contribution in [-0.2, 0) is 0 Å². The van der Waals surface area contributed by atoms with Crippen molar-refractivity contribution in [2.75, 3.05) is 11.6 Å². The molecule has 168 valence electrons. The zero-order chi connectivity index (χ0) is 23.5. The van der Waals surface area contributed by atoms with Crippen molar-refractivity contribution in [2.45, 2.75) is 4.90 Å². The monoisotopic (exact) mass is 612 g/mol. The number of urea groups is 1. The largest absolute Gasteiger partial charge is 0.455 e. The van der Waals surface area contributed by atoms with Crippen LogP contribution in [0.25, 0.3) is 10.1 Å². The van der Waals surface area contributed by atoms with Gasteiger partial charge >= 0.3 is 6.03 Å². The van der Waals surface area contributed by atoms with Crippen molar-refractivity contribution in [3.05, 3.63) is 80.0 Å². The minimum absolute atomic E-state index is 0.0817. The highest BCUT2D eigenvalue weighted by Crippen LogP contribution is 2.39. The number of anilines is 1. The number of hydrogen-bond donors (Lipinski definition) is 2. The first-order chi connectivity index (χ1) is 15.9. The molecule has 10 heteroatoms. The number of halogens is 3.